The second kappa shape index (κ2) is 6.12. The Morgan fingerprint density at radius 2 is 1.59 bits per heavy atom. The zero-order chi connectivity index (χ0) is 13.9. The van der Waals surface area contributed by atoms with Crippen LogP contribution in [-0.2, 0) is 24.6 Å². The highest BCUT2D eigenvalue weighted by Gasteiger charge is 2.26. The summed E-state index contributed by atoms with van der Waals surface area (Å²) in [5.41, 5.74) is 0. The summed E-state index contributed by atoms with van der Waals surface area (Å²) in [5, 5.41) is 0. The molecule has 0 spiro atoms. The second-order valence-corrected chi connectivity index (χ2v) is 8.63. The first-order chi connectivity index (χ1) is 7.43. The van der Waals surface area contributed by atoms with Crippen LogP contribution in [0.5, 0.6) is 0 Å². The highest BCUT2D eigenvalue weighted by Crippen LogP contribution is 2.07. The van der Waals surface area contributed by atoms with Crippen molar-refractivity contribution in [1.82, 2.24) is 4.31 Å². The van der Waals surface area contributed by atoms with Crippen molar-refractivity contribution in [3.8, 4) is 0 Å². The Labute approximate surface area is 104 Å². The number of likely N-dealkylation sites (N-methyl/N-ethyl adjacent to an activating group) is 1. The number of hydrogen-bond donors (Lipinski definition) is 0. The molecule has 0 radical (unpaired) electrons. The van der Waals surface area contributed by atoms with E-state index < -0.39 is 25.9 Å². The number of nitrogens with zero attached hydrogens (tertiary/aromatic N) is 1. The van der Waals surface area contributed by atoms with Crippen LogP contribution in [0.1, 0.15) is 13.8 Å². The Balaban J connectivity index is 4.86. The van der Waals surface area contributed by atoms with Gasteiger partial charge in [-0.2, -0.15) is 4.31 Å². The normalized spacial score (nSPS) is 15.5. The maximum Gasteiger partial charge on any atom is 0.211 e. The lowest BCUT2D eigenvalue weighted by atomic mass is 10.3. The minimum absolute atomic E-state index is 0.0638. The molecule has 0 saturated carbocycles. The van der Waals surface area contributed by atoms with Crippen molar-refractivity contribution in [2.24, 2.45) is 0 Å². The monoisotopic (exact) mass is 287 g/mol. The molecule has 0 unspecified atom stereocenters. The van der Waals surface area contributed by atoms with Gasteiger partial charge in [0.2, 0.25) is 10.0 Å². The first kappa shape index (κ1) is 16.8. The van der Waals surface area contributed by atoms with Gasteiger partial charge in [0.05, 0.1) is 30.8 Å². The molecule has 0 aliphatic carbocycles. The summed E-state index contributed by atoms with van der Waals surface area (Å²) in [6.45, 7) is 3.67. The maximum atomic E-state index is 11.4. The van der Waals surface area contributed by atoms with E-state index in [0.29, 0.717) is 0 Å². The van der Waals surface area contributed by atoms with Gasteiger partial charge in [0.1, 0.15) is 9.84 Å². The molecular weight excluding hydrogens is 266 g/mol. The lowest BCUT2D eigenvalue weighted by molar-refractivity contribution is 0.0538. The van der Waals surface area contributed by atoms with Crippen molar-refractivity contribution in [3.05, 3.63) is 0 Å². The van der Waals surface area contributed by atoms with E-state index in [0.717, 1.165) is 16.8 Å². The minimum Gasteiger partial charge on any atom is -0.377 e. The van der Waals surface area contributed by atoms with Crippen LogP contribution in [0.2, 0.25) is 0 Å². The molecule has 17 heavy (non-hydrogen) atoms. The highest BCUT2D eigenvalue weighted by molar-refractivity contribution is 7.91. The van der Waals surface area contributed by atoms with E-state index in [4.69, 9.17) is 4.74 Å². The van der Waals surface area contributed by atoms with Crippen LogP contribution in [0.25, 0.3) is 0 Å². The first-order valence-corrected chi connectivity index (χ1v) is 9.06. The molecule has 1 atom stereocenters. The third-order valence-electron chi connectivity index (χ3n) is 2.15. The van der Waals surface area contributed by atoms with Crippen LogP contribution in [0, 0.1) is 0 Å². The van der Waals surface area contributed by atoms with Gasteiger partial charge in [0.25, 0.3) is 0 Å². The van der Waals surface area contributed by atoms with Crippen LogP contribution in [-0.4, -0.2) is 65.2 Å². The molecule has 0 rings (SSSR count). The molecule has 0 aromatic heterocycles. The Kier molecular flexibility index (Phi) is 6.06. The molecule has 0 bridgehead atoms. The lowest BCUT2D eigenvalue weighted by Gasteiger charge is -2.26. The van der Waals surface area contributed by atoms with Gasteiger partial charge >= 0.3 is 0 Å². The molecular formula is C9H21NO5S2. The van der Waals surface area contributed by atoms with Crippen LogP contribution in [0.4, 0.5) is 0 Å². The molecule has 0 fully saturated rings. The molecule has 8 heteroatoms. The maximum absolute atomic E-state index is 11.4. The molecule has 0 aromatic carbocycles. The molecule has 0 heterocycles. The van der Waals surface area contributed by atoms with Crippen molar-refractivity contribution in [3.63, 3.8) is 0 Å². The van der Waals surface area contributed by atoms with Crippen LogP contribution < -0.4 is 0 Å². The number of sulfonamides is 1. The largest absolute Gasteiger partial charge is 0.377 e. The van der Waals surface area contributed by atoms with E-state index in [-0.39, 0.29) is 18.5 Å². The fraction of sp³-hybridized carbons (Fsp3) is 1.00. The van der Waals surface area contributed by atoms with Gasteiger partial charge < -0.3 is 4.74 Å². The summed E-state index contributed by atoms with van der Waals surface area (Å²) >= 11 is 0. The Morgan fingerprint density at radius 3 is 1.88 bits per heavy atom. The summed E-state index contributed by atoms with van der Waals surface area (Å²) in [5.74, 6) is -0.247. The van der Waals surface area contributed by atoms with Crippen molar-refractivity contribution < 1.29 is 21.6 Å². The fourth-order valence-corrected chi connectivity index (χ4v) is 2.97. The zero-order valence-electron chi connectivity index (χ0n) is 10.9. The molecule has 0 aliphatic heterocycles. The van der Waals surface area contributed by atoms with Gasteiger partial charge in [-0.1, -0.05) is 0 Å². The van der Waals surface area contributed by atoms with E-state index in [1.807, 2.05) is 0 Å². The van der Waals surface area contributed by atoms with Gasteiger partial charge in [-0.05, 0) is 13.8 Å². The third-order valence-corrected chi connectivity index (χ3v) is 4.49. The Hall–Kier alpha value is -0.180. The smallest absolute Gasteiger partial charge is 0.211 e. The van der Waals surface area contributed by atoms with Gasteiger partial charge in [-0.3, -0.25) is 0 Å². The molecule has 0 aromatic rings. The first-order valence-electron chi connectivity index (χ1n) is 5.16. The number of hydrogen-bond acceptors (Lipinski definition) is 5. The molecule has 0 N–H and O–H groups in total. The van der Waals surface area contributed by atoms with Crippen LogP contribution in [0.3, 0.4) is 0 Å². The van der Waals surface area contributed by atoms with Gasteiger partial charge in [0, 0.05) is 13.3 Å². The van der Waals surface area contributed by atoms with Gasteiger partial charge in [0.15, 0.2) is 0 Å². The third kappa shape index (κ3) is 7.69. The Morgan fingerprint density at radius 1 is 1.12 bits per heavy atom. The summed E-state index contributed by atoms with van der Waals surface area (Å²) < 4.78 is 51.6. The van der Waals surface area contributed by atoms with E-state index in [1.165, 1.54) is 7.05 Å². The van der Waals surface area contributed by atoms with E-state index in [9.17, 15) is 16.8 Å². The van der Waals surface area contributed by atoms with Crippen molar-refractivity contribution in [1.29, 1.82) is 0 Å². The molecule has 0 aliphatic rings. The number of ether oxygens (including phenoxy) is 1. The summed E-state index contributed by atoms with van der Waals surface area (Å²) in [6, 6.07) is -0.692. The average Bonchev–Trinajstić information content (AvgIpc) is 2.07. The molecule has 0 saturated heterocycles. The van der Waals surface area contributed by atoms with E-state index in [2.05, 4.69) is 0 Å². The van der Waals surface area contributed by atoms with Crippen LogP contribution >= 0.6 is 0 Å². The summed E-state index contributed by atoms with van der Waals surface area (Å²) in [6.07, 6.45) is 2.04. The molecule has 6 nitrogen and oxygen atoms in total. The van der Waals surface area contributed by atoms with Crippen molar-refractivity contribution in [2.45, 2.75) is 26.0 Å². The summed E-state index contributed by atoms with van der Waals surface area (Å²) in [7, 11) is -5.34. The average molecular weight is 287 g/mol. The fourth-order valence-electron chi connectivity index (χ4n) is 1.18. The quantitative estimate of drug-likeness (QED) is 0.643. The van der Waals surface area contributed by atoms with Gasteiger partial charge in [-0.15, -0.1) is 0 Å². The van der Waals surface area contributed by atoms with E-state index in [1.54, 1.807) is 13.8 Å². The predicted octanol–water partition coefficient (Wildman–Crippen LogP) is -0.284. The molecule has 0 amide bonds. The topological polar surface area (TPSA) is 80.8 Å². The van der Waals surface area contributed by atoms with E-state index >= 15 is 0 Å². The predicted molar refractivity (Wildman–Crippen MR) is 67.2 cm³/mol. The van der Waals surface area contributed by atoms with Crippen molar-refractivity contribution in [2.75, 3.05) is 31.9 Å². The standard InChI is InChI=1S/C9H21NO5S2/c1-8(2)15-6-9(7-16(4,11)12)10(3)17(5,13)14/h8-9H,6-7H2,1-5H3/t9-/m1/s1. The Bertz CT molecular complexity index is 426. The second-order valence-electron chi connectivity index (χ2n) is 4.41. The van der Waals surface area contributed by atoms with Gasteiger partial charge in [-0.25, -0.2) is 16.8 Å². The summed E-state index contributed by atoms with van der Waals surface area (Å²) in [4.78, 5) is 0. The number of rotatable bonds is 7. The highest BCUT2D eigenvalue weighted by atomic mass is 32.2. The number of sulfone groups is 1. The molecule has 104 valence electrons. The SMILES string of the molecule is CC(C)OC[C@H](CS(C)(=O)=O)N(C)S(C)(=O)=O. The lowest BCUT2D eigenvalue weighted by Crippen LogP contribution is -2.44. The zero-order valence-corrected chi connectivity index (χ0v) is 12.5. The van der Waals surface area contributed by atoms with Crippen molar-refractivity contribution >= 4 is 19.9 Å². The minimum atomic E-state index is -3.43. The van der Waals surface area contributed by atoms with Crippen LogP contribution in [0.15, 0.2) is 0 Å².